The van der Waals surface area contributed by atoms with Gasteiger partial charge < -0.3 is 14.5 Å². The highest BCUT2D eigenvalue weighted by Gasteiger charge is 2.28. The Morgan fingerprint density at radius 3 is 2.82 bits per heavy atom. The van der Waals surface area contributed by atoms with Gasteiger partial charge in [-0.25, -0.2) is 4.39 Å². The largest absolute Gasteiger partial charge is 0.377 e. The second-order valence-electron chi connectivity index (χ2n) is 7.12. The minimum Gasteiger partial charge on any atom is -0.377 e. The van der Waals surface area contributed by atoms with Crippen LogP contribution in [-0.2, 0) is 4.74 Å². The molecule has 0 saturated carbocycles. The van der Waals surface area contributed by atoms with Crippen molar-refractivity contribution in [3.63, 3.8) is 0 Å². The summed E-state index contributed by atoms with van der Waals surface area (Å²) in [6, 6.07) is 14.0. The minimum absolute atomic E-state index is 0.0237. The van der Waals surface area contributed by atoms with E-state index < -0.39 is 0 Å². The molecule has 0 bridgehead atoms. The number of ether oxygens (including phenoxy) is 1. The molecule has 0 aliphatic carbocycles. The van der Waals surface area contributed by atoms with Crippen LogP contribution in [0, 0.1) is 5.82 Å². The highest BCUT2D eigenvalue weighted by molar-refractivity contribution is 5.99. The van der Waals surface area contributed by atoms with Crippen molar-refractivity contribution in [2.24, 2.45) is 0 Å². The molecule has 1 atom stereocenters. The number of nitrogens with zero attached hydrogens (tertiary/aromatic N) is 3. The average molecular weight is 379 g/mol. The molecule has 1 aromatic heterocycles. The molecule has 0 N–H and O–H groups in total. The summed E-state index contributed by atoms with van der Waals surface area (Å²) in [5.41, 5.74) is 2.26. The molecule has 0 radical (unpaired) electrons. The molecule has 5 nitrogen and oxygen atoms in total. The summed E-state index contributed by atoms with van der Waals surface area (Å²) in [6.45, 7) is 1.37. The summed E-state index contributed by atoms with van der Waals surface area (Å²) >= 11 is 0. The van der Waals surface area contributed by atoms with Crippen LogP contribution in [-0.4, -0.2) is 49.6 Å². The van der Waals surface area contributed by atoms with E-state index in [1.165, 1.54) is 12.1 Å². The number of benzene rings is 2. The first-order valence-electron chi connectivity index (χ1n) is 9.25. The molecule has 1 fully saturated rings. The van der Waals surface area contributed by atoms with Crippen LogP contribution >= 0.6 is 0 Å². The number of halogens is 1. The first-order valence-corrected chi connectivity index (χ1v) is 9.25. The molecule has 1 aliphatic rings. The van der Waals surface area contributed by atoms with Crippen LogP contribution in [0.4, 0.5) is 10.1 Å². The molecule has 3 aromatic rings. The molecule has 0 unspecified atom stereocenters. The maximum atomic E-state index is 13.6. The lowest BCUT2D eigenvalue weighted by molar-refractivity contribution is -0.0246. The van der Waals surface area contributed by atoms with Gasteiger partial charge in [0.1, 0.15) is 11.9 Å². The molecule has 1 saturated heterocycles. The minimum atomic E-state index is -0.336. The molecular weight excluding hydrogens is 357 g/mol. The molecule has 0 spiro atoms. The number of pyridine rings is 1. The summed E-state index contributed by atoms with van der Waals surface area (Å²) in [4.78, 5) is 21.3. The van der Waals surface area contributed by atoms with Gasteiger partial charge in [-0.3, -0.25) is 9.78 Å². The third-order valence-electron chi connectivity index (χ3n) is 5.00. The van der Waals surface area contributed by atoms with Gasteiger partial charge in [0.05, 0.1) is 24.4 Å². The summed E-state index contributed by atoms with van der Waals surface area (Å²) in [5.74, 6) is -0.309. The molecule has 4 rings (SSSR count). The van der Waals surface area contributed by atoms with Crippen molar-refractivity contribution in [2.45, 2.75) is 6.10 Å². The van der Waals surface area contributed by atoms with E-state index in [1.807, 2.05) is 49.3 Å². The number of anilines is 1. The highest BCUT2D eigenvalue weighted by Crippen LogP contribution is 2.27. The van der Waals surface area contributed by atoms with Crippen LogP contribution < -0.4 is 4.90 Å². The average Bonchev–Trinajstić information content (AvgIpc) is 2.72. The highest BCUT2D eigenvalue weighted by atomic mass is 19.1. The Morgan fingerprint density at radius 2 is 2.00 bits per heavy atom. The summed E-state index contributed by atoms with van der Waals surface area (Å²) in [7, 11) is 3.85. The summed E-state index contributed by atoms with van der Waals surface area (Å²) in [5, 5.41) is 1.64. The second kappa shape index (κ2) is 7.56. The fraction of sp³-hybridized carbons (Fsp3) is 0.273. The van der Waals surface area contributed by atoms with Gasteiger partial charge in [-0.1, -0.05) is 12.1 Å². The summed E-state index contributed by atoms with van der Waals surface area (Å²) in [6.07, 6.45) is 1.38. The third kappa shape index (κ3) is 3.55. The standard InChI is InChI=1S/C22H22FN3O2/c1-25(2)20-6-4-3-5-18(20)22(27)26-9-10-28-21(14-26)19-12-16-11-17(23)8-7-15(16)13-24-19/h3-8,11-13,21H,9-10,14H2,1-2H3/t21-/m0/s1. The lowest BCUT2D eigenvalue weighted by atomic mass is 10.1. The van der Waals surface area contributed by atoms with Gasteiger partial charge in [-0.05, 0) is 41.8 Å². The third-order valence-corrected chi connectivity index (χ3v) is 5.00. The Balaban J connectivity index is 1.59. The molecule has 2 aromatic carbocycles. The first kappa shape index (κ1) is 18.4. The number of hydrogen-bond donors (Lipinski definition) is 0. The van der Waals surface area contributed by atoms with E-state index in [0.717, 1.165) is 16.5 Å². The zero-order valence-electron chi connectivity index (χ0n) is 15.9. The number of para-hydroxylation sites is 1. The molecule has 144 valence electrons. The van der Waals surface area contributed by atoms with Gasteiger partial charge >= 0.3 is 0 Å². The number of carbonyl (C=O) groups is 1. The van der Waals surface area contributed by atoms with E-state index in [1.54, 1.807) is 17.2 Å². The van der Waals surface area contributed by atoms with Crippen LogP contribution in [0.15, 0.2) is 54.7 Å². The van der Waals surface area contributed by atoms with Gasteiger partial charge in [0.2, 0.25) is 0 Å². The first-order chi connectivity index (χ1) is 13.5. The Hall–Kier alpha value is -2.99. The Bertz CT molecular complexity index is 1020. The van der Waals surface area contributed by atoms with Gasteiger partial charge in [-0.15, -0.1) is 0 Å². The quantitative estimate of drug-likeness (QED) is 0.697. The van der Waals surface area contributed by atoms with Crippen molar-refractivity contribution in [1.82, 2.24) is 9.88 Å². The Kier molecular flexibility index (Phi) is 4.96. The maximum absolute atomic E-state index is 13.6. The lowest BCUT2D eigenvalue weighted by Gasteiger charge is -2.33. The van der Waals surface area contributed by atoms with E-state index in [4.69, 9.17) is 4.74 Å². The van der Waals surface area contributed by atoms with Crippen molar-refractivity contribution in [3.05, 3.63) is 71.8 Å². The van der Waals surface area contributed by atoms with Crippen molar-refractivity contribution < 1.29 is 13.9 Å². The van der Waals surface area contributed by atoms with Crippen LogP contribution in [0.25, 0.3) is 10.8 Å². The zero-order chi connectivity index (χ0) is 19.7. The number of aromatic nitrogens is 1. The smallest absolute Gasteiger partial charge is 0.256 e. The summed E-state index contributed by atoms with van der Waals surface area (Å²) < 4.78 is 19.4. The predicted molar refractivity (Wildman–Crippen MR) is 107 cm³/mol. The van der Waals surface area contributed by atoms with Crippen LogP contribution in [0.5, 0.6) is 0 Å². The van der Waals surface area contributed by atoms with E-state index in [9.17, 15) is 9.18 Å². The van der Waals surface area contributed by atoms with Gasteiger partial charge in [0, 0.05) is 37.9 Å². The maximum Gasteiger partial charge on any atom is 0.256 e. The van der Waals surface area contributed by atoms with E-state index in [0.29, 0.717) is 31.0 Å². The second-order valence-corrected chi connectivity index (χ2v) is 7.12. The fourth-order valence-corrected chi connectivity index (χ4v) is 3.53. The molecular formula is C22H22FN3O2. The van der Waals surface area contributed by atoms with Crippen molar-refractivity contribution in [3.8, 4) is 0 Å². The van der Waals surface area contributed by atoms with Gasteiger partial charge in [0.15, 0.2) is 0 Å². The Morgan fingerprint density at radius 1 is 1.18 bits per heavy atom. The number of fused-ring (bicyclic) bond motifs is 1. The zero-order valence-corrected chi connectivity index (χ0v) is 15.9. The number of carbonyl (C=O) groups excluding carboxylic acids is 1. The monoisotopic (exact) mass is 379 g/mol. The lowest BCUT2D eigenvalue weighted by Crippen LogP contribution is -2.42. The molecule has 28 heavy (non-hydrogen) atoms. The van der Waals surface area contributed by atoms with Crippen molar-refractivity contribution >= 4 is 22.4 Å². The van der Waals surface area contributed by atoms with E-state index in [2.05, 4.69) is 4.98 Å². The van der Waals surface area contributed by atoms with Crippen LogP contribution in [0.1, 0.15) is 22.2 Å². The number of amides is 1. The topological polar surface area (TPSA) is 45.7 Å². The van der Waals surface area contributed by atoms with Crippen LogP contribution in [0.3, 0.4) is 0 Å². The molecule has 1 aliphatic heterocycles. The van der Waals surface area contributed by atoms with E-state index in [-0.39, 0.29) is 17.8 Å². The predicted octanol–water partition coefficient (Wildman–Crippen LogP) is 3.65. The van der Waals surface area contributed by atoms with Crippen molar-refractivity contribution in [2.75, 3.05) is 38.7 Å². The SMILES string of the molecule is CN(C)c1ccccc1C(=O)N1CCO[C@H](c2cc3cc(F)ccc3cn2)C1. The molecule has 1 amide bonds. The van der Waals surface area contributed by atoms with Gasteiger partial charge in [-0.2, -0.15) is 0 Å². The van der Waals surface area contributed by atoms with Crippen LogP contribution in [0.2, 0.25) is 0 Å². The Labute approximate surface area is 163 Å². The fourth-order valence-electron chi connectivity index (χ4n) is 3.53. The van der Waals surface area contributed by atoms with E-state index >= 15 is 0 Å². The number of rotatable bonds is 3. The van der Waals surface area contributed by atoms with Crippen molar-refractivity contribution in [1.29, 1.82) is 0 Å². The molecule has 2 heterocycles. The number of hydrogen-bond acceptors (Lipinski definition) is 4. The molecule has 6 heteroatoms. The van der Waals surface area contributed by atoms with Gasteiger partial charge in [0.25, 0.3) is 5.91 Å². The number of morpholine rings is 1. The normalized spacial score (nSPS) is 17.0.